The molecule has 0 bridgehead atoms. The normalized spacial score (nSPS) is 34.8. The quantitative estimate of drug-likeness (QED) is 0.794. The zero-order chi connectivity index (χ0) is 21.1. The predicted octanol–water partition coefficient (Wildman–Crippen LogP) is 2.52. The van der Waals surface area contributed by atoms with Crippen molar-refractivity contribution < 1.29 is 29.5 Å². The maximum absolute atomic E-state index is 10.6. The summed E-state index contributed by atoms with van der Waals surface area (Å²) >= 11 is 0. The highest BCUT2D eigenvalue weighted by Crippen LogP contribution is 2.26. The van der Waals surface area contributed by atoms with E-state index in [4.69, 9.17) is 24.4 Å². The smallest absolute Gasteiger partial charge is 0.186 e. The Morgan fingerprint density at radius 2 is 1.64 bits per heavy atom. The molecule has 2 aromatic carbocycles. The maximum Gasteiger partial charge on any atom is 0.186 e. The first-order chi connectivity index (χ1) is 13.7. The van der Waals surface area contributed by atoms with Gasteiger partial charge in [0, 0.05) is 7.11 Å². The monoisotopic (exact) mass is 348 g/mol. The Hall–Kier alpha value is -1.76. The summed E-state index contributed by atoms with van der Waals surface area (Å²) in [6, 6.07) is 17.8. The first-order valence-corrected chi connectivity index (χ1v) is 7.98. The van der Waals surface area contributed by atoms with E-state index in [9.17, 15) is 5.11 Å². The van der Waals surface area contributed by atoms with Crippen molar-refractivity contribution in [2.45, 2.75) is 37.8 Å². The number of ether oxygens (including phenoxy) is 4. The molecule has 1 heterocycles. The molecular formula is C20H24O5. The van der Waals surface area contributed by atoms with Gasteiger partial charge in [-0.2, -0.15) is 0 Å². The molecule has 5 nitrogen and oxygen atoms in total. The van der Waals surface area contributed by atoms with E-state index in [1.54, 1.807) is 48.5 Å². The number of hydrogen-bond donors (Lipinski definition) is 1. The minimum atomic E-state index is -2.80. The van der Waals surface area contributed by atoms with E-state index >= 15 is 0 Å². The topological polar surface area (TPSA) is 57.2 Å². The first-order valence-electron chi connectivity index (χ1n) is 9.98. The Bertz CT molecular complexity index is 794. The minimum Gasteiger partial charge on any atom is -0.385 e. The van der Waals surface area contributed by atoms with Crippen LogP contribution in [0.2, 0.25) is 0 Å². The second-order valence-electron chi connectivity index (χ2n) is 5.51. The van der Waals surface area contributed by atoms with Gasteiger partial charge in [0.2, 0.25) is 0 Å². The average Bonchev–Trinajstić information content (AvgIpc) is 2.94. The van der Waals surface area contributed by atoms with Gasteiger partial charge in [0.15, 0.2) is 6.29 Å². The molecule has 1 unspecified atom stereocenters. The highest BCUT2D eigenvalue weighted by molar-refractivity contribution is 5.14. The summed E-state index contributed by atoms with van der Waals surface area (Å²) in [7, 11) is 1.23. The molecule has 1 aliphatic rings. The molecule has 0 spiro atoms. The van der Waals surface area contributed by atoms with Crippen molar-refractivity contribution in [3.63, 3.8) is 0 Å². The van der Waals surface area contributed by atoms with E-state index in [-0.39, 0.29) is 13.2 Å². The summed E-state index contributed by atoms with van der Waals surface area (Å²) in [4.78, 5) is 0. The van der Waals surface area contributed by atoms with Crippen LogP contribution in [0.25, 0.3) is 0 Å². The van der Waals surface area contributed by atoms with Gasteiger partial charge in [0.25, 0.3) is 0 Å². The van der Waals surface area contributed by atoms with Crippen molar-refractivity contribution >= 4 is 0 Å². The van der Waals surface area contributed by atoms with Crippen LogP contribution in [0.3, 0.4) is 0 Å². The van der Waals surface area contributed by atoms with Crippen molar-refractivity contribution in [2.24, 2.45) is 0 Å². The van der Waals surface area contributed by atoms with E-state index in [2.05, 4.69) is 0 Å². The molecule has 1 saturated heterocycles. The summed E-state index contributed by atoms with van der Waals surface area (Å²) in [5, 5.41) is 10.6. The molecular weight excluding hydrogens is 320 g/mol. The Labute approximate surface area is 153 Å². The van der Waals surface area contributed by atoms with Gasteiger partial charge in [-0.25, -0.2) is 0 Å². The largest absolute Gasteiger partial charge is 0.385 e. The Morgan fingerprint density at radius 3 is 2.24 bits per heavy atom. The van der Waals surface area contributed by atoms with Gasteiger partial charge in [-0.1, -0.05) is 60.7 Å². The van der Waals surface area contributed by atoms with Crippen LogP contribution in [0, 0.1) is 0 Å². The summed E-state index contributed by atoms with van der Waals surface area (Å²) in [6.07, 6.45) is -8.38. The first kappa shape index (κ1) is 13.4. The van der Waals surface area contributed by atoms with Crippen molar-refractivity contribution in [1.29, 1.82) is 0 Å². The van der Waals surface area contributed by atoms with Gasteiger partial charge < -0.3 is 24.1 Å². The molecule has 1 fully saturated rings. The molecule has 134 valence electrons. The summed E-state index contributed by atoms with van der Waals surface area (Å²) in [6.45, 7) is -3.08. The van der Waals surface area contributed by atoms with Gasteiger partial charge in [-0.3, -0.25) is 0 Å². The SMILES string of the molecule is [2H]C([2H])(OCc1ccccc1)[C@@]1([2H])OC(OC)[C@H](O)[C@]1([2H])OCc1ccccc1. The molecule has 0 aromatic heterocycles. The zero-order valence-corrected chi connectivity index (χ0v) is 13.9. The van der Waals surface area contributed by atoms with Crippen LogP contribution in [0.4, 0.5) is 0 Å². The highest BCUT2D eigenvalue weighted by atomic mass is 16.7. The molecule has 3 rings (SSSR count). The average molecular weight is 348 g/mol. The number of methoxy groups -OCH3 is 1. The molecule has 0 aliphatic carbocycles. The van der Waals surface area contributed by atoms with Gasteiger partial charge in [0.1, 0.15) is 18.3 Å². The van der Waals surface area contributed by atoms with Crippen molar-refractivity contribution in [1.82, 2.24) is 0 Å². The van der Waals surface area contributed by atoms with E-state index in [0.717, 1.165) is 0 Å². The second kappa shape index (κ2) is 9.08. The molecule has 0 radical (unpaired) electrons. The third kappa shape index (κ3) is 4.87. The lowest BCUT2D eigenvalue weighted by atomic mass is 10.1. The summed E-state index contributed by atoms with van der Waals surface area (Å²) < 4.78 is 55.3. The fourth-order valence-corrected chi connectivity index (χ4v) is 2.39. The molecule has 4 atom stereocenters. The lowest BCUT2D eigenvalue weighted by Gasteiger charge is -2.20. The van der Waals surface area contributed by atoms with Crippen LogP contribution in [0.5, 0.6) is 0 Å². The van der Waals surface area contributed by atoms with E-state index in [0.29, 0.717) is 11.1 Å². The number of benzene rings is 2. The zero-order valence-electron chi connectivity index (χ0n) is 17.9. The van der Waals surface area contributed by atoms with Crippen LogP contribution in [0.15, 0.2) is 60.7 Å². The third-order valence-corrected chi connectivity index (χ3v) is 3.70. The van der Waals surface area contributed by atoms with E-state index in [1.165, 1.54) is 7.11 Å². The van der Waals surface area contributed by atoms with Crippen LogP contribution in [-0.4, -0.2) is 43.3 Å². The fraction of sp³-hybridized carbons (Fsp3) is 0.400. The molecule has 5 heteroatoms. The number of aliphatic hydroxyl groups is 1. The van der Waals surface area contributed by atoms with Crippen molar-refractivity contribution in [2.75, 3.05) is 13.7 Å². The van der Waals surface area contributed by atoms with Crippen LogP contribution in [0.1, 0.15) is 16.6 Å². The number of hydrogen-bond acceptors (Lipinski definition) is 5. The van der Waals surface area contributed by atoms with Crippen molar-refractivity contribution in [3.05, 3.63) is 71.8 Å². The predicted molar refractivity (Wildman–Crippen MR) is 92.8 cm³/mol. The van der Waals surface area contributed by atoms with Crippen LogP contribution >= 0.6 is 0 Å². The Balaban J connectivity index is 1.85. The van der Waals surface area contributed by atoms with Gasteiger partial charge in [-0.05, 0) is 11.1 Å². The molecule has 1 N–H and O–H groups in total. The number of aliphatic hydroxyl groups excluding tert-OH is 1. The molecule has 1 aliphatic heterocycles. The highest BCUT2D eigenvalue weighted by Gasteiger charge is 2.44. The summed E-state index contributed by atoms with van der Waals surface area (Å²) in [5.74, 6) is 0. The number of rotatable bonds is 8. The Morgan fingerprint density at radius 1 is 1.04 bits per heavy atom. The van der Waals surface area contributed by atoms with E-state index in [1.807, 2.05) is 12.1 Å². The van der Waals surface area contributed by atoms with Gasteiger partial charge in [-0.15, -0.1) is 0 Å². The standard InChI is InChI=1S/C20H24O5/c1-22-20-18(21)19(24-13-16-10-6-3-7-11-16)17(25-20)14-23-12-15-8-4-2-5-9-15/h2-11,17-21H,12-14H2,1H3/t17-,18-,19-,20?/m1/s1/i14D2,17D,19D. The second-order valence-corrected chi connectivity index (χ2v) is 5.51. The lowest BCUT2D eigenvalue weighted by molar-refractivity contribution is -0.156. The Kier molecular flexibility index (Phi) is 4.88. The summed E-state index contributed by atoms with van der Waals surface area (Å²) in [5.41, 5.74) is 1.38. The third-order valence-electron chi connectivity index (χ3n) is 3.70. The van der Waals surface area contributed by atoms with E-state index < -0.39 is 31.1 Å². The molecule has 0 amide bonds. The minimum absolute atomic E-state index is 0.128. The van der Waals surface area contributed by atoms with Gasteiger partial charge in [0.05, 0.1) is 25.3 Å². The molecule has 25 heavy (non-hydrogen) atoms. The fourth-order valence-electron chi connectivity index (χ4n) is 2.39. The maximum atomic E-state index is 10.6. The molecule has 2 aromatic rings. The lowest BCUT2D eigenvalue weighted by Crippen LogP contribution is -2.37. The van der Waals surface area contributed by atoms with Crippen molar-refractivity contribution in [3.8, 4) is 0 Å². The van der Waals surface area contributed by atoms with Gasteiger partial charge >= 0.3 is 0 Å². The molecule has 0 saturated carbocycles. The van der Waals surface area contributed by atoms with Crippen LogP contribution in [-0.2, 0) is 32.2 Å². The van der Waals surface area contributed by atoms with Crippen LogP contribution < -0.4 is 0 Å².